The molecule has 0 unspecified atom stereocenters. The van der Waals surface area contributed by atoms with Crippen molar-refractivity contribution in [2.24, 2.45) is 0 Å². The molecule has 1 heterocycles. The smallest absolute Gasteiger partial charge is 0.313 e. The second-order valence-electron chi connectivity index (χ2n) is 4.43. The number of ether oxygens (including phenoxy) is 1. The number of nitrogens with zero attached hydrogens (tertiary/aromatic N) is 1. The van der Waals surface area contributed by atoms with E-state index in [1.54, 1.807) is 24.4 Å². The van der Waals surface area contributed by atoms with Gasteiger partial charge in [0.2, 0.25) is 0 Å². The number of aliphatic hydroxyl groups is 1. The Bertz CT molecular complexity index is 655. The zero-order valence-corrected chi connectivity index (χ0v) is 11.9. The van der Waals surface area contributed by atoms with E-state index in [1.807, 2.05) is 12.1 Å². The largest absolute Gasteiger partial charge is 0.394 e. The highest BCUT2D eigenvalue weighted by atomic mass is 16.5. The lowest BCUT2D eigenvalue weighted by Gasteiger charge is -2.08. The van der Waals surface area contributed by atoms with Crippen molar-refractivity contribution in [2.45, 2.75) is 0 Å². The minimum atomic E-state index is -0.764. The van der Waals surface area contributed by atoms with Crippen LogP contribution in [0, 0.1) is 0 Å². The molecule has 0 saturated heterocycles. The van der Waals surface area contributed by atoms with Crippen LogP contribution in [0.15, 0.2) is 36.5 Å². The van der Waals surface area contributed by atoms with E-state index in [0.29, 0.717) is 11.2 Å². The van der Waals surface area contributed by atoms with Gasteiger partial charge < -0.3 is 20.5 Å². The molecule has 0 bridgehead atoms. The summed E-state index contributed by atoms with van der Waals surface area (Å²) >= 11 is 0. The molecule has 0 aliphatic heterocycles. The lowest BCUT2D eigenvalue weighted by Crippen LogP contribution is -2.37. The Hall–Kier alpha value is -2.51. The summed E-state index contributed by atoms with van der Waals surface area (Å²) in [7, 11) is 0. The molecule has 0 radical (unpaired) electrons. The Morgan fingerprint density at radius 3 is 2.77 bits per heavy atom. The third-order valence-corrected chi connectivity index (χ3v) is 2.85. The molecule has 2 amide bonds. The second-order valence-corrected chi connectivity index (χ2v) is 4.43. The van der Waals surface area contributed by atoms with Gasteiger partial charge in [-0.2, -0.15) is 0 Å². The fourth-order valence-corrected chi connectivity index (χ4v) is 1.87. The lowest BCUT2D eigenvalue weighted by molar-refractivity contribution is -0.136. The minimum absolute atomic E-state index is 0.0808. The van der Waals surface area contributed by atoms with Crippen molar-refractivity contribution >= 4 is 28.4 Å². The lowest BCUT2D eigenvalue weighted by atomic mass is 10.2. The van der Waals surface area contributed by atoms with E-state index < -0.39 is 11.8 Å². The summed E-state index contributed by atoms with van der Waals surface area (Å²) in [5.41, 5.74) is 1.10. The number of aromatic nitrogens is 1. The molecule has 1 aromatic carbocycles. The van der Waals surface area contributed by atoms with Gasteiger partial charge in [-0.1, -0.05) is 18.2 Å². The van der Waals surface area contributed by atoms with Gasteiger partial charge in [-0.15, -0.1) is 0 Å². The average Bonchev–Trinajstić information content (AvgIpc) is 2.54. The molecule has 0 aliphatic carbocycles. The van der Waals surface area contributed by atoms with Gasteiger partial charge in [-0.05, 0) is 12.1 Å². The molecule has 0 atom stereocenters. The van der Waals surface area contributed by atoms with Crippen molar-refractivity contribution in [1.82, 2.24) is 10.3 Å². The van der Waals surface area contributed by atoms with Gasteiger partial charge in [0, 0.05) is 18.1 Å². The summed E-state index contributed by atoms with van der Waals surface area (Å²) in [5.74, 6) is -1.51. The molecule has 7 nitrogen and oxygen atoms in total. The van der Waals surface area contributed by atoms with Crippen LogP contribution in [-0.2, 0) is 14.3 Å². The molecule has 0 aliphatic rings. The molecule has 0 fully saturated rings. The number of benzene rings is 1. The van der Waals surface area contributed by atoms with Crippen molar-refractivity contribution in [3.05, 3.63) is 36.5 Å². The van der Waals surface area contributed by atoms with Crippen LogP contribution in [0.1, 0.15) is 0 Å². The first kappa shape index (κ1) is 15.9. The number of pyridine rings is 1. The molecule has 1 aromatic heterocycles. The van der Waals surface area contributed by atoms with E-state index in [-0.39, 0.29) is 26.4 Å². The summed E-state index contributed by atoms with van der Waals surface area (Å²) < 4.78 is 4.98. The van der Waals surface area contributed by atoms with Gasteiger partial charge in [0.15, 0.2) is 0 Å². The zero-order chi connectivity index (χ0) is 15.8. The number of hydrogen-bond donors (Lipinski definition) is 3. The maximum absolute atomic E-state index is 11.8. The fourth-order valence-electron chi connectivity index (χ4n) is 1.87. The number of aliphatic hydroxyl groups excluding tert-OH is 1. The highest BCUT2D eigenvalue weighted by Gasteiger charge is 2.14. The van der Waals surface area contributed by atoms with Gasteiger partial charge in [0.05, 0.1) is 31.0 Å². The molecular formula is C15H17N3O4. The Labute approximate surface area is 127 Å². The molecule has 116 valence electrons. The van der Waals surface area contributed by atoms with Gasteiger partial charge in [0.25, 0.3) is 0 Å². The molecule has 7 heteroatoms. The van der Waals surface area contributed by atoms with Crippen molar-refractivity contribution in [2.75, 3.05) is 31.7 Å². The number of para-hydroxylation sites is 1. The quantitative estimate of drug-likeness (QED) is 0.526. The van der Waals surface area contributed by atoms with Crippen molar-refractivity contribution in [1.29, 1.82) is 0 Å². The predicted molar refractivity (Wildman–Crippen MR) is 81.3 cm³/mol. The maximum atomic E-state index is 11.8. The normalized spacial score (nSPS) is 10.4. The SMILES string of the molecule is O=C(NCCOCCO)C(=O)Nc1cccc2cccnc12. The topological polar surface area (TPSA) is 101 Å². The van der Waals surface area contributed by atoms with E-state index in [2.05, 4.69) is 15.6 Å². The van der Waals surface area contributed by atoms with E-state index in [0.717, 1.165) is 5.39 Å². The van der Waals surface area contributed by atoms with Gasteiger partial charge in [-0.25, -0.2) is 0 Å². The minimum Gasteiger partial charge on any atom is -0.394 e. The first-order valence-corrected chi connectivity index (χ1v) is 6.84. The van der Waals surface area contributed by atoms with Crippen LogP contribution in [0.25, 0.3) is 10.9 Å². The monoisotopic (exact) mass is 303 g/mol. The Balaban J connectivity index is 1.92. The Kier molecular flexibility index (Phi) is 5.81. The van der Waals surface area contributed by atoms with E-state index in [9.17, 15) is 9.59 Å². The average molecular weight is 303 g/mol. The standard InChI is InChI=1S/C15H17N3O4/c19-8-10-22-9-7-17-14(20)15(21)18-12-5-1-3-11-4-2-6-16-13(11)12/h1-6,19H,7-10H2,(H,17,20)(H,18,21). The molecule has 0 saturated carbocycles. The number of rotatable bonds is 6. The van der Waals surface area contributed by atoms with Gasteiger partial charge >= 0.3 is 11.8 Å². The van der Waals surface area contributed by atoms with Crippen molar-refractivity contribution in [3.8, 4) is 0 Å². The number of carbonyl (C=O) groups is 2. The molecule has 3 N–H and O–H groups in total. The first-order valence-electron chi connectivity index (χ1n) is 6.84. The van der Waals surface area contributed by atoms with Crippen LogP contribution in [-0.4, -0.2) is 48.3 Å². The van der Waals surface area contributed by atoms with E-state index >= 15 is 0 Å². The first-order chi connectivity index (χ1) is 10.7. The Morgan fingerprint density at radius 1 is 1.14 bits per heavy atom. The maximum Gasteiger partial charge on any atom is 0.313 e. The second kappa shape index (κ2) is 8.06. The summed E-state index contributed by atoms with van der Waals surface area (Å²) in [6, 6.07) is 9.01. The summed E-state index contributed by atoms with van der Waals surface area (Å²) in [6.07, 6.45) is 1.62. The van der Waals surface area contributed by atoms with Crippen LogP contribution >= 0.6 is 0 Å². The molecule has 2 rings (SSSR count). The number of amides is 2. The third kappa shape index (κ3) is 4.24. The summed E-state index contributed by atoms with van der Waals surface area (Å²) in [6.45, 7) is 0.543. The van der Waals surface area contributed by atoms with E-state index in [4.69, 9.17) is 9.84 Å². The van der Waals surface area contributed by atoms with Crippen LogP contribution in [0.5, 0.6) is 0 Å². The van der Waals surface area contributed by atoms with Crippen LogP contribution < -0.4 is 10.6 Å². The number of anilines is 1. The van der Waals surface area contributed by atoms with Crippen LogP contribution in [0.3, 0.4) is 0 Å². The third-order valence-electron chi connectivity index (χ3n) is 2.85. The van der Waals surface area contributed by atoms with Crippen molar-refractivity contribution in [3.63, 3.8) is 0 Å². The molecule has 0 spiro atoms. The molecular weight excluding hydrogens is 286 g/mol. The summed E-state index contributed by atoms with van der Waals surface area (Å²) in [4.78, 5) is 27.7. The Morgan fingerprint density at radius 2 is 1.95 bits per heavy atom. The predicted octanol–water partition coefficient (Wildman–Crippen LogP) is 0.298. The fraction of sp³-hybridized carbons (Fsp3) is 0.267. The molecule has 22 heavy (non-hydrogen) atoms. The van der Waals surface area contributed by atoms with Gasteiger partial charge in [0.1, 0.15) is 0 Å². The van der Waals surface area contributed by atoms with Crippen molar-refractivity contribution < 1.29 is 19.4 Å². The highest BCUT2D eigenvalue weighted by molar-refractivity contribution is 6.40. The van der Waals surface area contributed by atoms with E-state index in [1.165, 1.54) is 0 Å². The number of hydrogen-bond acceptors (Lipinski definition) is 5. The zero-order valence-electron chi connectivity index (χ0n) is 11.9. The van der Waals surface area contributed by atoms with Crippen LogP contribution in [0.4, 0.5) is 5.69 Å². The molecule has 2 aromatic rings. The highest BCUT2D eigenvalue weighted by Crippen LogP contribution is 2.20. The summed E-state index contributed by atoms with van der Waals surface area (Å²) in [5, 5.41) is 14.4. The van der Waals surface area contributed by atoms with Crippen LogP contribution in [0.2, 0.25) is 0 Å². The van der Waals surface area contributed by atoms with Gasteiger partial charge in [-0.3, -0.25) is 14.6 Å². The number of nitrogens with one attached hydrogen (secondary N) is 2. The number of fused-ring (bicyclic) bond motifs is 1. The number of carbonyl (C=O) groups excluding carboxylic acids is 2.